The molecule has 30 heavy (non-hydrogen) atoms. The Hall–Kier alpha value is -2.68. The van der Waals surface area contributed by atoms with E-state index in [0.29, 0.717) is 21.6 Å². The fourth-order valence-corrected chi connectivity index (χ4v) is 4.36. The number of carbonyl (C=O) groups is 1. The average Bonchev–Trinajstić information content (AvgIpc) is 3.49. The van der Waals surface area contributed by atoms with E-state index in [0.717, 1.165) is 34.7 Å². The predicted molar refractivity (Wildman–Crippen MR) is 122 cm³/mol. The molecule has 1 amide bonds. The van der Waals surface area contributed by atoms with Crippen LogP contribution in [-0.4, -0.2) is 20.7 Å². The van der Waals surface area contributed by atoms with Crippen LogP contribution in [-0.2, 0) is 13.2 Å². The molecule has 0 aliphatic heterocycles. The van der Waals surface area contributed by atoms with Crippen molar-refractivity contribution in [3.05, 3.63) is 68.4 Å². The fraction of sp³-hybridized carbons (Fsp3) is 0.190. The number of carbonyl (C=O) groups excluding carboxylic acids is 1. The maximum Gasteiger partial charge on any atom is 0.267 e. The zero-order chi connectivity index (χ0) is 21.1. The first-order valence-electron chi connectivity index (χ1n) is 9.28. The van der Waals surface area contributed by atoms with Gasteiger partial charge in [-0.3, -0.25) is 14.8 Å². The first-order chi connectivity index (χ1) is 14.5. The van der Waals surface area contributed by atoms with Crippen molar-refractivity contribution in [3.63, 3.8) is 0 Å². The molecule has 0 atom stereocenters. The highest BCUT2D eigenvalue weighted by Crippen LogP contribution is 2.26. The van der Waals surface area contributed by atoms with Crippen LogP contribution in [0.15, 0.2) is 47.4 Å². The molecular formula is C21H19ClN4O2S2. The Bertz CT molecular complexity index is 1180. The van der Waals surface area contributed by atoms with Gasteiger partial charge in [0, 0.05) is 34.3 Å². The van der Waals surface area contributed by atoms with Gasteiger partial charge in [-0.05, 0) is 49.1 Å². The molecular weight excluding hydrogens is 440 g/mol. The Morgan fingerprint density at radius 1 is 1.27 bits per heavy atom. The first kappa shape index (κ1) is 20.6. The standard InChI is InChI=1S/C21H19ClN4O2S2/c1-3-26-9-15(8-23-26)18-12-30-21(24-18)25-20(27)19-7-14(11-29-19)10-28-16-4-5-17(22)13(2)6-16/h4-9,11-12H,3,10H2,1-2H3,(H,24,25,27). The molecule has 0 aliphatic rings. The lowest BCUT2D eigenvalue weighted by molar-refractivity contribution is 0.103. The number of anilines is 1. The van der Waals surface area contributed by atoms with Crippen molar-refractivity contribution in [3.8, 4) is 17.0 Å². The second-order valence-electron chi connectivity index (χ2n) is 6.60. The molecule has 1 N–H and O–H groups in total. The molecule has 154 valence electrons. The zero-order valence-electron chi connectivity index (χ0n) is 16.4. The molecule has 0 aliphatic carbocycles. The minimum Gasteiger partial charge on any atom is -0.489 e. The summed E-state index contributed by atoms with van der Waals surface area (Å²) in [5, 5.41) is 12.2. The van der Waals surface area contributed by atoms with Gasteiger partial charge in [-0.15, -0.1) is 22.7 Å². The second-order valence-corrected chi connectivity index (χ2v) is 8.77. The molecule has 6 nitrogen and oxygen atoms in total. The molecule has 0 fully saturated rings. The maximum atomic E-state index is 12.6. The number of hydrogen-bond acceptors (Lipinski definition) is 6. The summed E-state index contributed by atoms with van der Waals surface area (Å²) in [6.45, 7) is 5.14. The number of nitrogens with one attached hydrogen (secondary N) is 1. The van der Waals surface area contributed by atoms with Gasteiger partial charge < -0.3 is 4.74 Å². The summed E-state index contributed by atoms with van der Waals surface area (Å²) in [5.74, 6) is 0.564. The average molecular weight is 459 g/mol. The number of halogens is 1. The van der Waals surface area contributed by atoms with Crippen molar-refractivity contribution in [2.24, 2.45) is 0 Å². The Morgan fingerprint density at radius 3 is 2.90 bits per heavy atom. The molecule has 4 rings (SSSR count). The molecule has 0 radical (unpaired) electrons. The monoisotopic (exact) mass is 458 g/mol. The van der Waals surface area contributed by atoms with E-state index in [-0.39, 0.29) is 5.91 Å². The molecule has 9 heteroatoms. The number of ether oxygens (including phenoxy) is 1. The molecule has 3 heterocycles. The molecule has 0 unspecified atom stereocenters. The number of aromatic nitrogens is 3. The number of nitrogens with zero attached hydrogens (tertiary/aromatic N) is 3. The minimum atomic E-state index is -0.182. The van der Waals surface area contributed by atoms with E-state index in [1.165, 1.54) is 22.7 Å². The maximum absolute atomic E-state index is 12.6. The Morgan fingerprint density at radius 2 is 2.13 bits per heavy atom. The number of thiazole rings is 1. The zero-order valence-corrected chi connectivity index (χ0v) is 18.8. The van der Waals surface area contributed by atoms with Crippen LogP contribution in [0, 0.1) is 6.92 Å². The number of benzene rings is 1. The molecule has 0 bridgehead atoms. The van der Waals surface area contributed by atoms with Crippen molar-refractivity contribution in [2.45, 2.75) is 27.0 Å². The third-order valence-corrected chi connectivity index (χ3v) is 6.55. The SMILES string of the molecule is CCn1cc(-c2csc(NC(=O)c3cc(COc4ccc(Cl)c(C)c4)cs3)n2)cn1. The molecule has 4 aromatic rings. The summed E-state index contributed by atoms with van der Waals surface area (Å²) in [7, 11) is 0. The summed E-state index contributed by atoms with van der Waals surface area (Å²) < 4.78 is 7.64. The van der Waals surface area contributed by atoms with Gasteiger partial charge in [-0.1, -0.05) is 11.6 Å². The molecule has 3 aromatic heterocycles. The first-order valence-corrected chi connectivity index (χ1v) is 11.4. The van der Waals surface area contributed by atoms with Crippen molar-refractivity contribution in [1.29, 1.82) is 0 Å². The topological polar surface area (TPSA) is 69.0 Å². The van der Waals surface area contributed by atoms with Crippen LogP contribution in [0.2, 0.25) is 5.02 Å². The lowest BCUT2D eigenvalue weighted by Crippen LogP contribution is -2.09. The van der Waals surface area contributed by atoms with Crippen molar-refractivity contribution in [2.75, 3.05) is 5.32 Å². The van der Waals surface area contributed by atoms with Gasteiger partial charge in [0.1, 0.15) is 12.4 Å². The Balaban J connectivity index is 1.36. The summed E-state index contributed by atoms with van der Waals surface area (Å²) >= 11 is 8.81. The Kier molecular flexibility index (Phi) is 6.17. The van der Waals surface area contributed by atoms with Crippen molar-refractivity contribution >= 4 is 45.3 Å². The van der Waals surface area contributed by atoms with Gasteiger partial charge in [-0.25, -0.2) is 4.98 Å². The normalized spacial score (nSPS) is 10.9. The van der Waals surface area contributed by atoms with Crippen LogP contribution in [0.25, 0.3) is 11.3 Å². The lowest BCUT2D eigenvalue weighted by Gasteiger charge is -2.06. The van der Waals surface area contributed by atoms with Crippen LogP contribution >= 0.6 is 34.3 Å². The van der Waals surface area contributed by atoms with E-state index in [1.54, 1.807) is 6.20 Å². The van der Waals surface area contributed by atoms with Crippen molar-refractivity contribution in [1.82, 2.24) is 14.8 Å². The van der Waals surface area contributed by atoms with E-state index in [4.69, 9.17) is 16.3 Å². The highest BCUT2D eigenvalue weighted by atomic mass is 35.5. The van der Waals surface area contributed by atoms with Gasteiger partial charge in [-0.2, -0.15) is 5.10 Å². The van der Waals surface area contributed by atoms with E-state index in [9.17, 15) is 4.79 Å². The number of aryl methyl sites for hydroxylation is 2. The van der Waals surface area contributed by atoms with Crippen molar-refractivity contribution < 1.29 is 9.53 Å². The number of amides is 1. The van der Waals surface area contributed by atoms with E-state index in [2.05, 4.69) is 15.4 Å². The van der Waals surface area contributed by atoms with Crippen LogP contribution in [0.1, 0.15) is 27.7 Å². The Labute approximate surface area is 187 Å². The van der Waals surface area contributed by atoms with Crippen LogP contribution < -0.4 is 10.1 Å². The third-order valence-electron chi connectivity index (χ3n) is 4.39. The second kappa shape index (κ2) is 8.99. The number of hydrogen-bond donors (Lipinski definition) is 1. The van der Waals surface area contributed by atoms with Gasteiger partial charge in [0.05, 0.1) is 16.8 Å². The van der Waals surface area contributed by atoms with Crippen LogP contribution in [0.3, 0.4) is 0 Å². The van der Waals surface area contributed by atoms with Gasteiger partial charge in [0.15, 0.2) is 5.13 Å². The summed E-state index contributed by atoms with van der Waals surface area (Å²) in [6.07, 6.45) is 3.71. The summed E-state index contributed by atoms with van der Waals surface area (Å²) in [4.78, 5) is 17.7. The fourth-order valence-electron chi connectivity index (χ4n) is 2.74. The molecule has 0 saturated heterocycles. The minimum absolute atomic E-state index is 0.182. The number of thiophene rings is 1. The molecule has 1 aromatic carbocycles. The highest BCUT2D eigenvalue weighted by Gasteiger charge is 2.13. The highest BCUT2D eigenvalue weighted by molar-refractivity contribution is 7.14. The molecule has 0 saturated carbocycles. The van der Waals surface area contributed by atoms with Gasteiger partial charge >= 0.3 is 0 Å². The largest absolute Gasteiger partial charge is 0.489 e. The van der Waals surface area contributed by atoms with Gasteiger partial charge in [0.2, 0.25) is 0 Å². The van der Waals surface area contributed by atoms with Crippen LogP contribution in [0.4, 0.5) is 5.13 Å². The third kappa shape index (κ3) is 4.72. The lowest BCUT2D eigenvalue weighted by atomic mass is 10.2. The van der Waals surface area contributed by atoms with E-state index >= 15 is 0 Å². The molecule has 0 spiro atoms. The van der Waals surface area contributed by atoms with Crippen LogP contribution in [0.5, 0.6) is 5.75 Å². The van der Waals surface area contributed by atoms with Gasteiger partial charge in [0.25, 0.3) is 5.91 Å². The summed E-state index contributed by atoms with van der Waals surface area (Å²) in [6, 6.07) is 7.38. The van der Waals surface area contributed by atoms with E-state index < -0.39 is 0 Å². The number of rotatable bonds is 7. The summed E-state index contributed by atoms with van der Waals surface area (Å²) in [5.41, 5.74) is 3.63. The quantitative estimate of drug-likeness (QED) is 0.375. The predicted octanol–water partition coefficient (Wildman–Crippen LogP) is 5.88. The van der Waals surface area contributed by atoms with E-state index in [1.807, 2.05) is 59.8 Å². The smallest absolute Gasteiger partial charge is 0.267 e.